The Labute approximate surface area is 255 Å². The highest BCUT2D eigenvalue weighted by Gasteiger charge is 2.42. The molecule has 2 fully saturated rings. The summed E-state index contributed by atoms with van der Waals surface area (Å²) in [5, 5.41) is 6.03. The molecule has 2 aliphatic heterocycles. The highest BCUT2D eigenvalue weighted by Crippen LogP contribution is 2.44. The summed E-state index contributed by atoms with van der Waals surface area (Å²) < 4.78 is 2.09. The molecule has 40 heavy (non-hydrogen) atoms. The van der Waals surface area contributed by atoms with Crippen molar-refractivity contribution >= 4 is 63.5 Å². The molecular weight excluding hydrogens is 581 g/mol. The van der Waals surface area contributed by atoms with Crippen molar-refractivity contribution in [2.24, 2.45) is 11.8 Å². The lowest BCUT2D eigenvalue weighted by atomic mass is 9.91. The van der Waals surface area contributed by atoms with Gasteiger partial charge in [-0.15, -0.1) is 0 Å². The average molecular weight is 611 g/mol. The molecule has 0 saturated carbocycles. The van der Waals surface area contributed by atoms with E-state index in [-0.39, 0.29) is 12.1 Å². The molecule has 2 aromatic carbocycles. The molecular formula is C31H30Cl3N5S. The maximum Gasteiger partial charge on any atom is 0.174 e. The Balaban J connectivity index is 1.44. The molecule has 0 bridgehead atoms. The van der Waals surface area contributed by atoms with E-state index in [1.807, 2.05) is 48.7 Å². The highest BCUT2D eigenvalue weighted by molar-refractivity contribution is 7.80. The minimum absolute atomic E-state index is 0.198. The number of benzene rings is 2. The van der Waals surface area contributed by atoms with Gasteiger partial charge >= 0.3 is 0 Å². The van der Waals surface area contributed by atoms with Gasteiger partial charge in [0, 0.05) is 41.9 Å². The van der Waals surface area contributed by atoms with Crippen molar-refractivity contribution in [2.75, 3.05) is 22.9 Å². The molecule has 1 N–H and O–H groups in total. The number of thiocarbonyl (C=S) groups is 1. The molecule has 4 aromatic rings. The smallest absolute Gasteiger partial charge is 0.174 e. The van der Waals surface area contributed by atoms with Crippen molar-refractivity contribution in [3.05, 3.63) is 106 Å². The van der Waals surface area contributed by atoms with Crippen molar-refractivity contribution in [1.82, 2.24) is 14.9 Å². The number of piperidine rings is 1. The molecule has 2 aromatic heterocycles. The van der Waals surface area contributed by atoms with Gasteiger partial charge < -0.3 is 19.7 Å². The number of pyridine rings is 1. The first kappa shape index (κ1) is 27.4. The first-order chi connectivity index (χ1) is 19.3. The van der Waals surface area contributed by atoms with E-state index in [9.17, 15) is 0 Å². The summed E-state index contributed by atoms with van der Waals surface area (Å²) in [5.41, 5.74) is 4.72. The highest BCUT2D eigenvalue weighted by atomic mass is 35.5. The van der Waals surface area contributed by atoms with Crippen LogP contribution in [0.3, 0.4) is 0 Å². The van der Waals surface area contributed by atoms with Crippen LogP contribution in [0.5, 0.6) is 0 Å². The van der Waals surface area contributed by atoms with Gasteiger partial charge in [-0.05, 0) is 91.1 Å². The lowest BCUT2D eigenvalue weighted by Gasteiger charge is -2.37. The zero-order valence-electron chi connectivity index (χ0n) is 22.3. The summed E-state index contributed by atoms with van der Waals surface area (Å²) >= 11 is 25.8. The Morgan fingerprint density at radius 1 is 0.875 bits per heavy atom. The average Bonchev–Trinajstić information content (AvgIpc) is 3.52. The minimum atomic E-state index is -0.221. The molecule has 4 heterocycles. The monoisotopic (exact) mass is 609 g/mol. The van der Waals surface area contributed by atoms with Crippen molar-refractivity contribution in [2.45, 2.75) is 32.4 Å². The van der Waals surface area contributed by atoms with Gasteiger partial charge in [-0.2, -0.15) is 0 Å². The van der Waals surface area contributed by atoms with Crippen LogP contribution in [0.25, 0.3) is 5.69 Å². The Hall–Kier alpha value is -2.77. The van der Waals surface area contributed by atoms with Crippen LogP contribution in [-0.4, -0.2) is 27.8 Å². The SMILES string of the molecule is C[C@@H]1C[C@@H](C)CN(c2ccc(N3C(=S)N[C@@H](c4ccccn4)[C@@H]3c3cccn3-c3ccc(Cl)cc3Cl)cc2Cl)C1. The lowest BCUT2D eigenvalue weighted by molar-refractivity contribution is 0.357. The topological polar surface area (TPSA) is 36.3 Å². The van der Waals surface area contributed by atoms with E-state index in [1.165, 1.54) is 6.42 Å². The summed E-state index contributed by atoms with van der Waals surface area (Å²) in [6, 6.07) is 21.4. The van der Waals surface area contributed by atoms with Crippen LogP contribution in [-0.2, 0) is 0 Å². The van der Waals surface area contributed by atoms with Crippen LogP contribution in [0.4, 0.5) is 11.4 Å². The molecule has 5 nitrogen and oxygen atoms in total. The Morgan fingerprint density at radius 2 is 1.62 bits per heavy atom. The molecule has 9 heteroatoms. The minimum Gasteiger partial charge on any atom is -0.370 e. The number of hydrogen-bond donors (Lipinski definition) is 1. The van der Waals surface area contributed by atoms with Crippen molar-refractivity contribution in [3.8, 4) is 5.69 Å². The van der Waals surface area contributed by atoms with Gasteiger partial charge in [-0.1, -0.05) is 54.7 Å². The normalized spacial score (nSPS) is 23.0. The summed E-state index contributed by atoms with van der Waals surface area (Å²) in [4.78, 5) is 9.24. The van der Waals surface area contributed by atoms with Crippen LogP contribution in [0, 0.1) is 11.8 Å². The van der Waals surface area contributed by atoms with Crippen LogP contribution < -0.4 is 15.1 Å². The fourth-order valence-corrected chi connectivity index (χ4v) is 7.37. The van der Waals surface area contributed by atoms with E-state index in [1.54, 1.807) is 12.3 Å². The maximum atomic E-state index is 6.99. The van der Waals surface area contributed by atoms with Gasteiger partial charge in [0.2, 0.25) is 0 Å². The molecule has 0 spiro atoms. The van der Waals surface area contributed by atoms with E-state index >= 15 is 0 Å². The molecule has 0 aliphatic carbocycles. The molecule has 0 radical (unpaired) electrons. The predicted molar refractivity (Wildman–Crippen MR) is 170 cm³/mol. The molecule has 2 saturated heterocycles. The standard InChI is InChI=1S/C31H30Cl3N5S/c1-19-14-20(2)18-37(17-19)26-11-9-22(16-24(26)34)39-30(29(36-31(39)40)25-6-3-4-12-35-25)28-7-5-13-38(28)27-10-8-21(32)15-23(27)33/h3-13,15-16,19-20,29-30H,14,17-18H2,1-2H3,(H,36,40)/t19-,20-,29+,30+/m1/s1. The number of nitrogens with one attached hydrogen (secondary N) is 1. The molecule has 206 valence electrons. The van der Waals surface area contributed by atoms with E-state index in [0.29, 0.717) is 27.0 Å². The van der Waals surface area contributed by atoms with Crippen molar-refractivity contribution < 1.29 is 0 Å². The van der Waals surface area contributed by atoms with Crippen LogP contribution in [0.2, 0.25) is 15.1 Å². The van der Waals surface area contributed by atoms with Gasteiger partial charge in [0.1, 0.15) is 6.04 Å². The van der Waals surface area contributed by atoms with Crippen LogP contribution in [0.15, 0.2) is 79.1 Å². The predicted octanol–water partition coefficient (Wildman–Crippen LogP) is 8.49. The van der Waals surface area contributed by atoms with Gasteiger partial charge in [0.15, 0.2) is 5.11 Å². The Bertz CT molecular complexity index is 1530. The van der Waals surface area contributed by atoms with Gasteiger partial charge in [-0.3, -0.25) is 4.98 Å². The van der Waals surface area contributed by atoms with E-state index < -0.39 is 0 Å². The summed E-state index contributed by atoms with van der Waals surface area (Å²) in [6.45, 7) is 6.63. The molecule has 2 aliphatic rings. The van der Waals surface area contributed by atoms with Crippen LogP contribution >= 0.6 is 47.0 Å². The van der Waals surface area contributed by atoms with Gasteiger partial charge in [-0.25, -0.2) is 0 Å². The Morgan fingerprint density at radius 3 is 2.33 bits per heavy atom. The first-order valence-corrected chi connectivity index (χ1v) is 15.0. The van der Waals surface area contributed by atoms with E-state index in [0.717, 1.165) is 46.6 Å². The van der Waals surface area contributed by atoms with Gasteiger partial charge in [0.25, 0.3) is 0 Å². The van der Waals surface area contributed by atoms with Gasteiger partial charge in [0.05, 0.1) is 33.2 Å². The fraction of sp³-hybridized carbons (Fsp3) is 0.290. The van der Waals surface area contributed by atoms with E-state index in [2.05, 4.69) is 56.7 Å². The van der Waals surface area contributed by atoms with Crippen molar-refractivity contribution in [1.29, 1.82) is 0 Å². The molecule has 0 unspecified atom stereocenters. The number of anilines is 2. The second-order valence-corrected chi connectivity index (χ2v) is 12.5. The fourth-order valence-electron chi connectivity index (χ4n) is 6.23. The number of rotatable bonds is 5. The van der Waals surface area contributed by atoms with Crippen molar-refractivity contribution in [3.63, 3.8) is 0 Å². The first-order valence-electron chi connectivity index (χ1n) is 13.5. The quantitative estimate of drug-likeness (QED) is 0.229. The second-order valence-electron chi connectivity index (χ2n) is 10.9. The number of hydrogen-bond acceptors (Lipinski definition) is 3. The third-order valence-electron chi connectivity index (χ3n) is 7.77. The summed E-state index contributed by atoms with van der Waals surface area (Å²) in [6.07, 6.45) is 5.06. The molecule has 6 rings (SSSR count). The number of halogens is 3. The summed E-state index contributed by atoms with van der Waals surface area (Å²) in [5.74, 6) is 1.26. The zero-order chi connectivity index (χ0) is 28.0. The van der Waals surface area contributed by atoms with E-state index in [4.69, 9.17) is 47.0 Å². The molecule has 4 atom stereocenters. The third-order valence-corrected chi connectivity index (χ3v) is 8.92. The molecule has 0 amide bonds. The largest absolute Gasteiger partial charge is 0.370 e. The number of aromatic nitrogens is 2. The Kier molecular flexibility index (Phi) is 7.71. The third kappa shape index (κ3) is 5.18. The number of nitrogens with zero attached hydrogens (tertiary/aromatic N) is 4. The zero-order valence-corrected chi connectivity index (χ0v) is 25.4. The maximum absolute atomic E-state index is 6.99. The second kappa shape index (κ2) is 11.2. The summed E-state index contributed by atoms with van der Waals surface area (Å²) in [7, 11) is 0. The lowest BCUT2D eigenvalue weighted by Crippen LogP contribution is -2.38. The van der Waals surface area contributed by atoms with Crippen LogP contribution in [0.1, 0.15) is 43.7 Å².